The van der Waals surface area contributed by atoms with Crippen molar-refractivity contribution < 1.29 is 22.7 Å². The smallest absolute Gasteiger partial charge is 0.264 e. The van der Waals surface area contributed by atoms with Gasteiger partial charge in [-0.1, -0.05) is 45.9 Å². The summed E-state index contributed by atoms with van der Waals surface area (Å²) in [4.78, 5) is 21.6. The van der Waals surface area contributed by atoms with E-state index in [9.17, 15) is 13.2 Å². The van der Waals surface area contributed by atoms with Gasteiger partial charge in [0.1, 0.15) is 12.4 Å². The van der Waals surface area contributed by atoms with E-state index in [-0.39, 0.29) is 40.8 Å². The summed E-state index contributed by atoms with van der Waals surface area (Å²) in [5, 5.41) is 2.97. The van der Waals surface area contributed by atoms with Crippen molar-refractivity contribution in [2.45, 2.75) is 45.1 Å². The molecule has 4 rings (SSSR count). The van der Waals surface area contributed by atoms with Gasteiger partial charge in [0, 0.05) is 17.2 Å². The van der Waals surface area contributed by atoms with E-state index >= 15 is 0 Å². The fourth-order valence-corrected chi connectivity index (χ4v) is 4.87. The van der Waals surface area contributed by atoms with Gasteiger partial charge in [0.05, 0.1) is 23.2 Å². The van der Waals surface area contributed by atoms with Crippen LogP contribution in [0.4, 0.5) is 5.95 Å². The van der Waals surface area contributed by atoms with Crippen LogP contribution in [0.5, 0.6) is 11.6 Å². The summed E-state index contributed by atoms with van der Waals surface area (Å²) in [5.74, 6) is 1.02. The van der Waals surface area contributed by atoms with Crippen LogP contribution >= 0.6 is 0 Å². The first-order chi connectivity index (χ1) is 17.6. The Balaban J connectivity index is 1.76. The van der Waals surface area contributed by atoms with Gasteiger partial charge in [-0.05, 0) is 48.6 Å². The number of rotatable bonds is 6. The molecule has 196 valence electrons. The number of carbonyl (C=O) groups excluding carboxylic acids is 1. The quantitative estimate of drug-likeness (QED) is 0.487. The predicted octanol–water partition coefficient (Wildman–Crippen LogP) is 4.52. The number of hydrogen-bond donors (Lipinski definition) is 2. The summed E-state index contributed by atoms with van der Waals surface area (Å²) < 4.78 is 40.6. The molecule has 0 spiro atoms. The molecule has 0 saturated heterocycles. The standard InChI is InChI=1S/C27H32N4O5S/c1-17(2)11-21-16-36-25-14-24(19-7-5-9-22(12-19)35-15-18(3)4)29-27(30-25)31-37(33,34)23-10-6-8-20(13-23)26(32)28-21/h5-10,12-14,17-18,21H,11,15-16H2,1-4H3,(H,28,32)(H,29,30,31)/t21-/m1/s1. The zero-order chi connectivity index (χ0) is 26.6. The third-order valence-electron chi connectivity index (χ3n) is 5.57. The average Bonchev–Trinajstić information content (AvgIpc) is 2.85. The van der Waals surface area contributed by atoms with Crippen molar-refractivity contribution in [2.24, 2.45) is 11.8 Å². The minimum atomic E-state index is -4.08. The summed E-state index contributed by atoms with van der Waals surface area (Å²) in [6.07, 6.45) is 0.669. The molecule has 0 unspecified atom stereocenters. The molecule has 0 fully saturated rings. The summed E-state index contributed by atoms with van der Waals surface area (Å²) in [6.45, 7) is 8.97. The molecule has 10 heteroatoms. The molecule has 37 heavy (non-hydrogen) atoms. The molecule has 9 nitrogen and oxygen atoms in total. The molecule has 2 aromatic carbocycles. The van der Waals surface area contributed by atoms with E-state index in [2.05, 4.69) is 47.7 Å². The molecule has 1 atom stereocenters. The Bertz CT molecular complexity index is 1370. The Kier molecular flexibility index (Phi) is 7.97. The van der Waals surface area contributed by atoms with Gasteiger partial charge in [-0.3, -0.25) is 4.79 Å². The Hall–Kier alpha value is -3.66. The first kappa shape index (κ1) is 26.4. The van der Waals surface area contributed by atoms with E-state index in [4.69, 9.17) is 9.47 Å². The number of anilines is 1. The number of carbonyl (C=O) groups is 1. The van der Waals surface area contributed by atoms with Gasteiger partial charge in [0.2, 0.25) is 11.8 Å². The van der Waals surface area contributed by atoms with Crippen LogP contribution in [0.15, 0.2) is 59.5 Å². The Morgan fingerprint density at radius 1 is 1.00 bits per heavy atom. The summed E-state index contributed by atoms with van der Waals surface area (Å²) >= 11 is 0. The second kappa shape index (κ2) is 11.2. The van der Waals surface area contributed by atoms with Crippen molar-refractivity contribution in [3.63, 3.8) is 0 Å². The normalized spacial score (nSPS) is 17.0. The molecule has 1 aliphatic rings. The van der Waals surface area contributed by atoms with Crippen molar-refractivity contribution in [3.05, 3.63) is 60.2 Å². The van der Waals surface area contributed by atoms with E-state index in [0.29, 0.717) is 41.9 Å². The molecule has 2 heterocycles. The molecule has 0 radical (unpaired) electrons. The molecule has 2 N–H and O–H groups in total. The lowest BCUT2D eigenvalue weighted by Gasteiger charge is -2.21. The highest BCUT2D eigenvalue weighted by Crippen LogP contribution is 2.27. The minimum Gasteiger partial charge on any atom is -0.493 e. The summed E-state index contributed by atoms with van der Waals surface area (Å²) in [5.41, 5.74) is 1.42. The highest BCUT2D eigenvalue weighted by molar-refractivity contribution is 7.92. The Labute approximate surface area is 217 Å². The van der Waals surface area contributed by atoms with E-state index in [1.165, 1.54) is 18.2 Å². The molecule has 1 aromatic heterocycles. The molecular formula is C27H32N4O5S. The predicted molar refractivity (Wildman–Crippen MR) is 141 cm³/mol. The third-order valence-corrected chi connectivity index (χ3v) is 6.90. The molecule has 3 aromatic rings. The molecule has 0 aliphatic carbocycles. The van der Waals surface area contributed by atoms with Crippen molar-refractivity contribution in [3.8, 4) is 22.9 Å². The topological polar surface area (TPSA) is 120 Å². The molecule has 1 aliphatic heterocycles. The SMILES string of the molecule is CC(C)COc1cccc(-c2cc3nc(n2)NS(=O)(=O)c2cccc(c2)C(=O)N[C@H](CC(C)C)CO3)c1. The maximum Gasteiger partial charge on any atom is 0.264 e. The van der Waals surface area contributed by atoms with E-state index in [1.807, 2.05) is 24.3 Å². The highest BCUT2D eigenvalue weighted by Gasteiger charge is 2.23. The van der Waals surface area contributed by atoms with Crippen LogP contribution in [0.2, 0.25) is 0 Å². The number of amides is 1. The van der Waals surface area contributed by atoms with Gasteiger partial charge in [-0.15, -0.1) is 0 Å². The van der Waals surface area contributed by atoms with E-state index in [1.54, 1.807) is 12.1 Å². The van der Waals surface area contributed by atoms with Gasteiger partial charge >= 0.3 is 0 Å². The van der Waals surface area contributed by atoms with E-state index < -0.39 is 10.0 Å². The molecule has 4 bridgehead atoms. The lowest BCUT2D eigenvalue weighted by molar-refractivity contribution is 0.0913. The number of aromatic nitrogens is 2. The van der Waals surface area contributed by atoms with Crippen molar-refractivity contribution in [1.29, 1.82) is 0 Å². The highest BCUT2D eigenvalue weighted by atomic mass is 32.2. The van der Waals surface area contributed by atoms with Crippen LogP contribution < -0.4 is 19.5 Å². The fourth-order valence-electron chi connectivity index (χ4n) is 3.88. The largest absolute Gasteiger partial charge is 0.493 e. The molecular weight excluding hydrogens is 492 g/mol. The Morgan fingerprint density at radius 2 is 1.76 bits per heavy atom. The zero-order valence-corrected chi connectivity index (χ0v) is 22.2. The van der Waals surface area contributed by atoms with Crippen molar-refractivity contribution >= 4 is 21.9 Å². The van der Waals surface area contributed by atoms with Crippen LogP contribution in [0.1, 0.15) is 44.5 Å². The minimum absolute atomic E-state index is 0.0691. The zero-order valence-electron chi connectivity index (χ0n) is 21.4. The lowest BCUT2D eigenvalue weighted by atomic mass is 10.0. The maximum absolute atomic E-state index is 13.2. The number of hydrogen-bond acceptors (Lipinski definition) is 7. The van der Waals surface area contributed by atoms with Crippen LogP contribution in [0.3, 0.4) is 0 Å². The third kappa shape index (κ3) is 6.97. The number of benzene rings is 2. The second-order valence-electron chi connectivity index (χ2n) is 9.89. The molecule has 0 saturated carbocycles. The summed E-state index contributed by atoms with van der Waals surface area (Å²) in [7, 11) is -4.08. The van der Waals surface area contributed by atoms with Crippen LogP contribution in [0.25, 0.3) is 11.3 Å². The lowest BCUT2D eigenvalue weighted by Crippen LogP contribution is -2.40. The molecule has 1 amide bonds. The first-order valence-corrected chi connectivity index (χ1v) is 13.8. The van der Waals surface area contributed by atoms with Crippen molar-refractivity contribution in [1.82, 2.24) is 15.3 Å². The monoisotopic (exact) mass is 524 g/mol. The van der Waals surface area contributed by atoms with Gasteiger partial charge in [-0.2, -0.15) is 4.98 Å². The van der Waals surface area contributed by atoms with Crippen LogP contribution in [-0.4, -0.2) is 43.5 Å². The number of nitrogens with zero attached hydrogens (tertiary/aromatic N) is 2. The van der Waals surface area contributed by atoms with Gasteiger partial charge in [0.15, 0.2) is 0 Å². The second-order valence-corrected chi connectivity index (χ2v) is 11.6. The van der Waals surface area contributed by atoms with Gasteiger partial charge in [0.25, 0.3) is 15.9 Å². The number of fused-ring (bicyclic) bond motifs is 4. The first-order valence-electron chi connectivity index (χ1n) is 12.3. The Morgan fingerprint density at radius 3 is 2.51 bits per heavy atom. The van der Waals surface area contributed by atoms with Crippen LogP contribution in [0, 0.1) is 11.8 Å². The summed E-state index contributed by atoms with van der Waals surface area (Å²) in [6, 6.07) is 14.6. The number of sulfonamides is 1. The fraction of sp³-hybridized carbons (Fsp3) is 0.370. The number of nitrogens with one attached hydrogen (secondary N) is 2. The average molecular weight is 525 g/mol. The van der Waals surface area contributed by atoms with E-state index in [0.717, 1.165) is 0 Å². The van der Waals surface area contributed by atoms with Crippen molar-refractivity contribution in [2.75, 3.05) is 17.9 Å². The maximum atomic E-state index is 13.2. The van der Waals surface area contributed by atoms with Gasteiger partial charge < -0.3 is 14.8 Å². The number of ether oxygens (including phenoxy) is 2. The van der Waals surface area contributed by atoms with Gasteiger partial charge in [-0.25, -0.2) is 18.1 Å². The van der Waals surface area contributed by atoms with Crippen LogP contribution in [-0.2, 0) is 10.0 Å².